The van der Waals surface area contributed by atoms with Gasteiger partial charge in [0.25, 0.3) is 0 Å². The number of para-hydroxylation sites is 1. The first-order valence-corrected chi connectivity index (χ1v) is 8.73. The van der Waals surface area contributed by atoms with Crippen LogP contribution in [0.4, 0.5) is 16.3 Å². The molecule has 2 N–H and O–H groups in total. The van der Waals surface area contributed by atoms with Crippen LogP contribution in [0.3, 0.4) is 0 Å². The van der Waals surface area contributed by atoms with Crippen molar-refractivity contribution in [2.75, 3.05) is 10.6 Å². The second kappa shape index (κ2) is 7.53. The lowest BCUT2D eigenvalue weighted by Gasteiger charge is -2.08. The van der Waals surface area contributed by atoms with E-state index in [2.05, 4.69) is 56.8 Å². The molecular formula is C19H19BrN4O. The van der Waals surface area contributed by atoms with Crippen molar-refractivity contribution in [3.8, 4) is 0 Å². The predicted molar refractivity (Wildman–Crippen MR) is 104 cm³/mol. The largest absolute Gasteiger partial charge is 0.324 e. The Kier molecular flexibility index (Phi) is 5.19. The van der Waals surface area contributed by atoms with Crippen LogP contribution in [0.25, 0.3) is 0 Å². The molecule has 0 saturated carbocycles. The first-order chi connectivity index (χ1) is 12.0. The van der Waals surface area contributed by atoms with Crippen molar-refractivity contribution in [3.63, 3.8) is 0 Å². The summed E-state index contributed by atoms with van der Waals surface area (Å²) < 4.78 is 2.53. The Balaban J connectivity index is 1.68. The highest BCUT2D eigenvalue weighted by atomic mass is 79.9. The molecule has 2 aromatic carbocycles. The van der Waals surface area contributed by atoms with Crippen LogP contribution in [-0.4, -0.2) is 15.8 Å². The Bertz CT molecular complexity index is 904. The fourth-order valence-electron chi connectivity index (χ4n) is 2.53. The zero-order valence-corrected chi connectivity index (χ0v) is 15.7. The summed E-state index contributed by atoms with van der Waals surface area (Å²) in [6.45, 7) is 4.65. The van der Waals surface area contributed by atoms with Gasteiger partial charge in [-0.3, -0.25) is 10.00 Å². The summed E-state index contributed by atoms with van der Waals surface area (Å²) in [5.41, 5.74) is 4.14. The number of benzene rings is 2. The quantitative estimate of drug-likeness (QED) is 0.652. The molecule has 0 radical (unpaired) electrons. The number of amides is 2. The van der Waals surface area contributed by atoms with E-state index >= 15 is 0 Å². The van der Waals surface area contributed by atoms with Crippen LogP contribution in [-0.2, 0) is 6.54 Å². The summed E-state index contributed by atoms with van der Waals surface area (Å²) in [7, 11) is 0. The van der Waals surface area contributed by atoms with E-state index in [4.69, 9.17) is 0 Å². The number of carbonyl (C=O) groups is 1. The van der Waals surface area contributed by atoms with Crippen LogP contribution in [0.15, 0.2) is 59.2 Å². The molecule has 0 aliphatic carbocycles. The Morgan fingerprint density at radius 1 is 1.12 bits per heavy atom. The minimum atomic E-state index is -0.323. The van der Waals surface area contributed by atoms with Crippen molar-refractivity contribution >= 4 is 33.5 Å². The highest BCUT2D eigenvalue weighted by Gasteiger charge is 2.11. The maximum Gasteiger partial charge on any atom is 0.324 e. The van der Waals surface area contributed by atoms with E-state index in [9.17, 15) is 4.79 Å². The third-order valence-corrected chi connectivity index (χ3v) is 4.35. The number of carbonyl (C=O) groups excluding carboxylic acids is 1. The van der Waals surface area contributed by atoms with Crippen molar-refractivity contribution in [2.24, 2.45) is 0 Å². The molecule has 0 unspecified atom stereocenters. The molecule has 0 spiro atoms. The van der Waals surface area contributed by atoms with E-state index in [0.29, 0.717) is 12.4 Å². The first-order valence-electron chi connectivity index (χ1n) is 7.93. The normalized spacial score (nSPS) is 10.5. The van der Waals surface area contributed by atoms with Gasteiger partial charge in [0, 0.05) is 11.9 Å². The number of aryl methyl sites for hydroxylation is 2. The summed E-state index contributed by atoms with van der Waals surface area (Å²) >= 11 is 3.45. The van der Waals surface area contributed by atoms with Crippen LogP contribution in [0.5, 0.6) is 0 Å². The minimum absolute atomic E-state index is 0.323. The number of nitrogens with one attached hydrogen (secondary N) is 2. The Labute approximate surface area is 155 Å². The number of hydrogen-bond acceptors (Lipinski definition) is 2. The van der Waals surface area contributed by atoms with E-state index in [-0.39, 0.29) is 6.03 Å². The first kappa shape index (κ1) is 17.2. The molecule has 5 nitrogen and oxygen atoms in total. The molecule has 0 aliphatic heterocycles. The number of hydrogen-bond donors (Lipinski definition) is 2. The zero-order valence-electron chi connectivity index (χ0n) is 14.1. The maximum atomic E-state index is 12.2. The van der Waals surface area contributed by atoms with E-state index in [1.54, 1.807) is 4.68 Å². The van der Waals surface area contributed by atoms with Crippen molar-refractivity contribution in [1.82, 2.24) is 9.78 Å². The monoisotopic (exact) mass is 398 g/mol. The van der Waals surface area contributed by atoms with Gasteiger partial charge in [-0.25, -0.2) is 4.79 Å². The van der Waals surface area contributed by atoms with E-state index in [0.717, 1.165) is 21.3 Å². The molecular weight excluding hydrogens is 380 g/mol. The molecule has 128 valence electrons. The molecule has 0 atom stereocenters. The smallest absolute Gasteiger partial charge is 0.307 e. The molecule has 25 heavy (non-hydrogen) atoms. The summed E-state index contributed by atoms with van der Waals surface area (Å²) in [6.07, 6.45) is 1.85. The highest BCUT2D eigenvalue weighted by molar-refractivity contribution is 9.10. The molecule has 1 aromatic heterocycles. The molecule has 1 heterocycles. The zero-order chi connectivity index (χ0) is 17.8. The summed E-state index contributed by atoms with van der Waals surface area (Å²) in [5, 5.41) is 10.0. The van der Waals surface area contributed by atoms with Crippen LogP contribution in [0.2, 0.25) is 0 Å². The molecule has 2 amide bonds. The SMILES string of the molecule is Cc1cccc(Cn2cc(Br)c(NC(=O)Nc3ccccc3C)n2)c1. The minimum Gasteiger partial charge on any atom is -0.307 e. The average Bonchev–Trinajstić information content (AvgIpc) is 2.89. The lowest BCUT2D eigenvalue weighted by atomic mass is 10.1. The third-order valence-electron chi connectivity index (χ3n) is 3.77. The van der Waals surface area contributed by atoms with Crippen molar-refractivity contribution < 1.29 is 4.79 Å². The van der Waals surface area contributed by atoms with Gasteiger partial charge in [-0.2, -0.15) is 5.10 Å². The van der Waals surface area contributed by atoms with Gasteiger partial charge < -0.3 is 5.32 Å². The van der Waals surface area contributed by atoms with Crippen LogP contribution >= 0.6 is 15.9 Å². The molecule has 6 heteroatoms. The van der Waals surface area contributed by atoms with Gasteiger partial charge >= 0.3 is 6.03 Å². The standard InChI is InChI=1S/C19H19BrN4O/c1-13-6-5-8-15(10-13)11-24-12-16(20)18(23-24)22-19(25)21-17-9-4-3-7-14(17)2/h3-10,12H,11H2,1-2H3,(H2,21,22,23,25). The number of aromatic nitrogens is 2. The van der Waals surface area contributed by atoms with Crippen molar-refractivity contribution in [3.05, 3.63) is 75.9 Å². The number of urea groups is 1. The lowest BCUT2D eigenvalue weighted by Crippen LogP contribution is -2.20. The summed E-state index contributed by atoms with van der Waals surface area (Å²) in [6, 6.07) is 15.6. The second-order valence-corrected chi connectivity index (χ2v) is 6.76. The van der Waals surface area contributed by atoms with E-state index < -0.39 is 0 Å². The van der Waals surface area contributed by atoms with Gasteiger partial charge in [0.15, 0.2) is 5.82 Å². The van der Waals surface area contributed by atoms with Gasteiger partial charge in [0.05, 0.1) is 11.0 Å². The number of nitrogens with zero attached hydrogens (tertiary/aromatic N) is 2. The van der Waals surface area contributed by atoms with Gasteiger partial charge in [-0.15, -0.1) is 0 Å². The van der Waals surface area contributed by atoms with Crippen molar-refractivity contribution in [2.45, 2.75) is 20.4 Å². The molecule has 3 rings (SSSR count). The summed E-state index contributed by atoms with van der Waals surface area (Å²) in [5.74, 6) is 0.485. The molecule has 3 aromatic rings. The number of halogens is 1. The Hall–Kier alpha value is -2.60. The van der Waals surface area contributed by atoms with Crippen LogP contribution in [0, 0.1) is 13.8 Å². The third kappa shape index (κ3) is 4.48. The van der Waals surface area contributed by atoms with Gasteiger partial charge in [-0.05, 0) is 47.0 Å². The Morgan fingerprint density at radius 2 is 1.92 bits per heavy atom. The number of rotatable bonds is 4. The fraction of sp³-hybridized carbons (Fsp3) is 0.158. The van der Waals surface area contributed by atoms with Gasteiger partial charge in [0.1, 0.15) is 0 Å². The van der Waals surface area contributed by atoms with Crippen LogP contribution in [0.1, 0.15) is 16.7 Å². The lowest BCUT2D eigenvalue weighted by molar-refractivity contribution is 0.262. The fourth-order valence-corrected chi connectivity index (χ4v) is 2.95. The average molecular weight is 399 g/mol. The molecule has 0 saturated heterocycles. The van der Waals surface area contributed by atoms with Crippen LogP contribution < -0.4 is 10.6 Å². The van der Waals surface area contributed by atoms with E-state index in [1.807, 2.05) is 43.5 Å². The van der Waals surface area contributed by atoms with Gasteiger partial charge in [0.2, 0.25) is 0 Å². The predicted octanol–water partition coefficient (Wildman–Crippen LogP) is 4.95. The Morgan fingerprint density at radius 3 is 2.68 bits per heavy atom. The topological polar surface area (TPSA) is 59.0 Å². The summed E-state index contributed by atoms with van der Waals surface area (Å²) in [4.78, 5) is 12.2. The maximum absolute atomic E-state index is 12.2. The highest BCUT2D eigenvalue weighted by Crippen LogP contribution is 2.21. The molecule has 0 fully saturated rings. The van der Waals surface area contributed by atoms with Gasteiger partial charge in [-0.1, -0.05) is 48.0 Å². The molecule has 0 bridgehead atoms. The molecule has 0 aliphatic rings. The van der Waals surface area contributed by atoms with E-state index in [1.165, 1.54) is 5.56 Å². The number of anilines is 2. The van der Waals surface area contributed by atoms with Crippen molar-refractivity contribution in [1.29, 1.82) is 0 Å². The second-order valence-electron chi connectivity index (χ2n) is 5.91.